The van der Waals surface area contributed by atoms with Crippen molar-refractivity contribution in [2.75, 3.05) is 18.5 Å². The molecule has 9 nitrogen and oxygen atoms in total. The summed E-state index contributed by atoms with van der Waals surface area (Å²) in [7, 11) is 0. The second-order valence-corrected chi connectivity index (χ2v) is 7.25. The summed E-state index contributed by atoms with van der Waals surface area (Å²) in [6, 6.07) is 21.7. The van der Waals surface area contributed by atoms with Crippen molar-refractivity contribution in [3.05, 3.63) is 95.6 Å². The Bertz CT molecular complexity index is 1180. The van der Waals surface area contributed by atoms with Crippen LogP contribution in [-0.2, 0) is 16.1 Å². The average molecular weight is 476 g/mol. The Morgan fingerprint density at radius 2 is 1.40 bits per heavy atom. The Morgan fingerprint density at radius 3 is 2.11 bits per heavy atom. The first kappa shape index (κ1) is 25.0. The normalized spacial score (nSPS) is 10.1. The van der Waals surface area contributed by atoms with Crippen LogP contribution in [0.15, 0.2) is 78.9 Å². The zero-order valence-corrected chi connectivity index (χ0v) is 19.1. The van der Waals surface area contributed by atoms with Gasteiger partial charge in [0.15, 0.2) is 0 Å². The van der Waals surface area contributed by atoms with Crippen LogP contribution in [0.25, 0.3) is 0 Å². The number of carbonyl (C=O) groups excluding carboxylic acids is 4. The van der Waals surface area contributed by atoms with E-state index in [0.717, 1.165) is 0 Å². The van der Waals surface area contributed by atoms with E-state index in [2.05, 4.69) is 16.0 Å². The summed E-state index contributed by atoms with van der Waals surface area (Å²) in [6.45, 7) is 1.84. The number of rotatable bonds is 9. The Hall–Kier alpha value is -4.66. The highest BCUT2D eigenvalue weighted by Gasteiger charge is 2.12. The lowest BCUT2D eigenvalue weighted by Crippen LogP contribution is -2.36. The van der Waals surface area contributed by atoms with E-state index in [1.54, 1.807) is 61.5 Å². The van der Waals surface area contributed by atoms with Gasteiger partial charge in [0.25, 0.3) is 11.8 Å². The monoisotopic (exact) mass is 475 g/mol. The minimum absolute atomic E-state index is 0.156. The summed E-state index contributed by atoms with van der Waals surface area (Å²) in [5.41, 5.74) is 2.03. The van der Waals surface area contributed by atoms with Crippen LogP contribution in [0.3, 0.4) is 0 Å². The summed E-state index contributed by atoms with van der Waals surface area (Å²) in [4.78, 5) is 48.3. The second-order valence-electron chi connectivity index (χ2n) is 7.25. The maximum Gasteiger partial charge on any atom is 0.513 e. The quantitative estimate of drug-likeness (QED) is 0.321. The molecule has 35 heavy (non-hydrogen) atoms. The predicted molar refractivity (Wildman–Crippen MR) is 129 cm³/mol. The van der Waals surface area contributed by atoms with E-state index in [0.29, 0.717) is 22.4 Å². The number of hydrogen-bond donors (Lipinski definition) is 3. The number of hydrogen-bond acceptors (Lipinski definition) is 6. The molecule has 9 heteroatoms. The van der Waals surface area contributed by atoms with Crippen LogP contribution >= 0.6 is 0 Å². The van der Waals surface area contributed by atoms with Crippen molar-refractivity contribution in [1.82, 2.24) is 10.6 Å². The van der Waals surface area contributed by atoms with Gasteiger partial charge in [-0.2, -0.15) is 0 Å². The molecule has 3 rings (SSSR count). The molecule has 0 unspecified atom stereocenters. The molecule has 0 saturated heterocycles. The molecule has 3 aromatic rings. The highest BCUT2D eigenvalue weighted by Crippen LogP contribution is 2.18. The maximum absolute atomic E-state index is 12.7. The minimum atomic E-state index is -0.819. The molecule has 0 atom stereocenters. The number of anilines is 1. The van der Waals surface area contributed by atoms with E-state index >= 15 is 0 Å². The Morgan fingerprint density at radius 1 is 0.743 bits per heavy atom. The van der Waals surface area contributed by atoms with Gasteiger partial charge in [0.1, 0.15) is 5.75 Å². The summed E-state index contributed by atoms with van der Waals surface area (Å²) >= 11 is 0. The van der Waals surface area contributed by atoms with E-state index in [4.69, 9.17) is 9.47 Å². The summed E-state index contributed by atoms with van der Waals surface area (Å²) in [6.07, 6.45) is -0.819. The van der Waals surface area contributed by atoms with Crippen LogP contribution in [0.5, 0.6) is 5.75 Å². The third-order valence-corrected chi connectivity index (χ3v) is 4.77. The lowest BCUT2D eigenvalue weighted by molar-refractivity contribution is -0.120. The van der Waals surface area contributed by atoms with Crippen LogP contribution in [0.4, 0.5) is 10.5 Å². The van der Waals surface area contributed by atoms with Crippen molar-refractivity contribution >= 4 is 29.6 Å². The molecule has 0 spiro atoms. The fourth-order valence-corrected chi connectivity index (χ4v) is 3.02. The van der Waals surface area contributed by atoms with Crippen molar-refractivity contribution in [3.63, 3.8) is 0 Å². The van der Waals surface area contributed by atoms with E-state index in [1.165, 1.54) is 24.3 Å². The van der Waals surface area contributed by atoms with Crippen molar-refractivity contribution in [2.45, 2.75) is 13.5 Å². The van der Waals surface area contributed by atoms with Gasteiger partial charge in [-0.15, -0.1) is 0 Å². The molecular formula is C26H25N3O6. The fraction of sp³-hybridized carbons (Fsp3) is 0.154. The number of nitrogens with one attached hydrogen (secondary N) is 3. The predicted octanol–water partition coefficient (Wildman–Crippen LogP) is 3.52. The van der Waals surface area contributed by atoms with Gasteiger partial charge in [0.05, 0.1) is 13.2 Å². The van der Waals surface area contributed by atoms with Crippen LogP contribution in [-0.4, -0.2) is 37.0 Å². The first-order valence-corrected chi connectivity index (χ1v) is 10.9. The first-order chi connectivity index (χ1) is 17.0. The lowest BCUT2D eigenvalue weighted by Gasteiger charge is -2.13. The van der Waals surface area contributed by atoms with Gasteiger partial charge in [-0.1, -0.05) is 36.4 Å². The Balaban J connectivity index is 1.53. The minimum Gasteiger partial charge on any atom is -0.434 e. The summed E-state index contributed by atoms with van der Waals surface area (Å²) in [5.74, 6) is -0.830. The SMILES string of the molecule is CCOC(=O)Oc1ccc(C(=O)Nc2ccccc2CNC(=O)CNC(=O)c2ccccc2)cc1. The molecule has 180 valence electrons. The summed E-state index contributed by atoms with van der Waals surface area (Å²) < 4.78 is 9.69. The molecule has 0 aliphatic heterocycles. The molecule has 0 bridgehead atoms. The van der Waals surface area contributed by atoms with Crippen molar-refractivity contribution < 1.29 is 28.7 Å². The summed E-state index contributed by atoms with van der Waals surface area (Å²) in [5, 5.41) is 8.11. The standard InChI is InChI=1S/C26H25N3O6/c1-2-34-26(33)35-21-14-12-19(13-15-21)25(32)29-22-11-7-6-10-20(22)16-27-23(30)17-28-24(31)18-8-4-3-5-9-18/h3-15H,2,16-17H2,1H3,(H,27,30)(H,28,31)(H,29,32). The van der Waals surface area contributed by atoms with Gasteiger partial charge in [-0.3, -0.25) is 14.4 Å². The van der Waals surface area contributed by atoms with Crippen molar-refractivity contribution in [2.24, 2.45) is 0 Å². The van der Waals surface area contributed by atoms with Gasteiger partial charge in [0, 0.05) is 23.4 Å². The van der Waals surface area contributed by atoms with Gasteiger partial charge in [0.2, 0.25) is 5.91 Å². The molecule has 0 aromatic heterocycles. The van der Waals surface area contributed by atoms with Crippen LogP contribution in [0, 0.1) is 0 Å². The number of para-hydroxylation sites is 1. The smallest absolute Gasteiger partial charge is 0.434 e. The zero-order chi connectivity index (χ0) is 25.0. The largest absolute Gasteiger partial charge is 0.513 e. The lowest BCUT2D eigenvalue weighted by atomic mass is 10.1. The molecular weight excluding hydrogens is 450 g/mol. The molecule has 3 aromatic carbocycles. The van der Waals surface area contributed by atoms with Gasteiger partial charge >= 0.3 is 6.16 Å². The number of amides is 3. The van der Waals surface area contributed by atoms with E-state index in [-0.39, 0.29) is 43.2 Å². The van der Waals surface area contributed by atoms with Crippen LogP contribution in [0.1, 0.15) is 33.2 Å². The Labute approximate surface area is 202 Å². The fourth-order valence-electron chi connectivity index (χ4n) is 3.02. The van der Waals surface area contributed by atoms with Crippen molar-refractivity contribution in [3.8, 4) is 5.75 Å². The van der Waals surface area contributed by atoms with E-state index < -0.39 is 6.16 Å². The van der Waals surface area contributed by atoms with Gasteiger partial charge < -0.3 is 25.4 Å². The van der Waals surface area contributed by atoms with Crippen LogP contribution < -0.4 is 20.7 Å². The molecule has 0 radical (unpaired) electrons. The topological polar surface area (TPSA) is 123 Å². The maximum atomic E-state index is 12.7. The molecule has 0 fully saturated rings. The average Bonchev–Trinajstić information content (AvgIpc) is 2.87. The molecule has 3 N–H and O–H groups in total. The van der Waals surface area contributed by atoms with E-state index in [1.807, 2.05) is 0 Å². The number of benzene rings is 3. The second kappa shape index (κ2) is 12.5. The number of ether oxygens (including phenoxy) is 2. The number of carbonyl (C=O) groups is 4. The third kappa shape index (κ3) is 7.71. The molecule has 0 aliphatic rings. The molecule has 0 saturated carbocycles. The van der Waals surface area contributed by atoms with E-state index in [9.17, 15) is 19.2 Å². The molecule has 3 amide bonds. The molecule has 0 aliphatic carbocycles. The third-order valence-electron chi connectivity index (χ3n) is 4.77. The highest BCUT2D eigenvalue weighted by atomic mass is 16.7. The van der Waals surface area contributed by atoms with Gasteiger partial charge in [-0.25, -0.2) is 4.79 Å². The zero-order valence-electron chi connectivity index (χ0n) is 19.1. The van der Waals surface area contributed by atoms with Crippen LogP contribution in [0.2, 0.25) is 0 Å². The molecule has 0 heterocycles. The Kier molecular flexibility index (Phi) is 8.95. The van der Waals surface area contributed by atoms with Crippen molar-refractivity contribution in [1.29, 1.82) is 0 Å². The van der Waals surface area contributed by atoms with Gasteiger partial charge in [-0.05, 0) is 55.0 Å². The highest BCUT2D eigenvalue weighted by molar-refractivity contribution is 6.04. The first-order valence-electron chi connectivity index (χ1n) is 10.9.